The van der Waals surface area contributed by atoms with Crippen LogP contribution in [0, 0.1) is 11.8 Å². The van der Waals surface area contributed by atoms with Crippen LogP contribution in [0.15, 0.2) is 36.4 Å². The van der Waals surface area contributed by atoms with E-state index in [0.717, 1.165) is 56.2 Å². The molecule has 6 atom stereocenters. The maximum Gasteiger partial charge on any atom is 0.523 e. The summed E-state index contributed by atoms with van der Waals surface area (Å²) in [6.45, 7) is -6.40. The molecule has 2 aliphatic heterocycles. The third-order valence-corrected chi connectivity index (χ3v) is 13.9. The Morgan fingerprint density at radius 3 is 1.70 bits per heavy atom. The zero-order valence-corrected chi connectivity index (χ0v) is 31.8. The minimum absolute atomic E-state index is 0.00727. The first-order valence-corrected chi connectivity index (χ1v) is 20.2. The van der Waals surface area contributed by atoms with Crippen LogP contribution in [0.4, 0.5) is 39.5 Å². The zero-order chi connectivity index (χ0) is 44.5. The Morgan fingerprint density at radius 2 is 1.21 bits per heavy atom. The van der Waals surface area contributed by atoms with Gasteiger partial charge in [0.15, 0.2) is 13.1 Å². The molecular weight excluding hydrogens is 779 g/mol. The van der Waals surface area contributed by atoms with Crippen LogP contribution in [-0.4, -0.2) is 93.6 Å². The van der Waals surface area contributed by atoms with E-state index in [1.165, 1.54) is 74.2 Å². The summed E-state index contributed by atoms with van der Waals surface area (Å²) in [5, 5.41) is 9.91. The van der Waals surface area contributed by atoms with Crippen molar-refractivity contribution in [2.75, 3.05) is 40.3 Å². The quantitative estimate of drug-likeness (QED) is 0.188. The second-order valence-corrected chi connectivity index (χ2v) is 17.5. The van der Waals surface area contributed by atoms with Gasteiger partial charge in [-0.1, -0.05) is 37.8 Å². The lowest BCUT2D eigenvalue weighted by atomic mass is 9.52. The number of aromatic hydroxyl groups is 1. The summed E-state index contributed by atoms with van der Waals surface area (Å²) >= 11 is 0. The average Bonchev–Trinajstić information content (AvgIpc) is 3.14. The summed E-state index contributed by atoms with van der Waals surface area (Å²) < 4.78 is 162. The van der Waals surface area contributed by atoms with Crippen molar-refractivity contribution in [3.63, 3.8) is 0 Å². The molecule has 0 radical (unpaired) electrons. The van der Waals surface area contributed by atoms with E-state index in [1.54, 1.807) is 6.07 Å². The number of phenols is 1. The Morgan fingerprint density at radius 1 is 0.732 bits per heavy atom. The molecule has 2 saturated carbocycles. The number of halogens is 9. The fraction of sp³-hybridized carbons (Fsp3) is 0.692. The van der Waals surface area contributed by atoms with Crippen molar-refractivity contribution in [1.82, 2.24) is 9.80 Å². The molecule has 7 nitrogen and oxygen atoms in total. The Bertz CT molecular complexity index is 2000. The Balaban J connectivity index is 0.000000158. The van der Waals surface area contributed by atoms with Crippen molar-refractivity contribution in [2.45, 2.75) is 118 Å². The van der Waals surface area contributed by atoms with Gasteiger partial charge in [-0.05, 0) is 137 Å². The lowest BCUT2D eigenvalue weighted by Crippen LogP contribution is -2.59. The number of alkyl halides is 9. The van der Waals surface area contributed by atoms with Gasteiger partial charge >= 0.3 is 28.0 Å². The van der Waals surface area contributed by atoms with Gasteiger partial charge in [-0.15, -0.1) is 0 Å². The molecule has 8 rings (SSSR count). The highest BCUT2D eigenvalue weighted by molar-refractivity contribution is 7.87. The molecule has 4 aliphatic carbocycles. The number of likely N-dealkylation sites (tertiary alicyclic amines) is 2. The molecule has 2 unspecified atom stereocenters. The number of fused-ring (bicyclic) bond motifs is 2. The second kappa shape index (κ2) is 15.8. The number of hydrogen-bond acceptors (Lipinski definition) is 7. The molecule has 2 aromatic carbocycles. The highest BCUT2D eigenvalue weighted by Gasteiger charge is 2.55. The van der Waals surface area contributed by atoms with E-state index in [9.17, 15) is 53.0 Å². The lowest BCUT2D eigenvalue weighted by molar-refractivity contribution is -0.156. The highest BCUT2D eigenvalue weighted by atomic mass is 32.2. The highest BCUT2D eigenvalue weighted by Crippen LogP contribution is 2.57. The third kappa shape index (κ3) is 8.80. The van der Waals surface area contributed by atoms with Crippen molar-refractivity contribution in [3.05, 3.63) is 58.7 Å². The summed E-state index contributed by atoms with van der Waals surface area (Å²) in [4.78, 5) is 5.02. The van der Waals surface area contributed by atoms with E-state index in [2.05, 4.69) is 40.2 Å². The average molecular weight is 833 g/mol. The lowest BCUT2D eigenvalue weighted by Gasteiger charge is -2.58. The molecule has 0 amide bonds. The van der Waals surface area contributed by atoms with E-state index in [4.69, 9.17) is 10.2 Å². The van der Waals surface area contributed by atoms with E-state index in [-0.39, 0.29) is 11.2 Å². The Labute approximate surface area is 327 Å². The Hall–Kier alpha value is -2.76. The van der Waals surface area contributed by atoms with Crippen LogP contribution >= 0.6 is 0 Å². The van der Waals surface area contributed by atoms with Crippen LogP contribution in [-0.2, 0) is 38.0 Å². The van der Waals surface area contributed by atoms with Crippen molar-refractivity contribution in [3.8, 4) is 11.5 Å². The van der Waals surface area contributed by atoms with Crippen LogP contribution in [0.5, 0.6) is 11.5 Å². The Kier molecular flexibility index (Phi) is 10.6. The largest absolute Gasteiger partial charge is 0.523 e. The summed E-state index contributed by atoms with van der Waals surface area (Å²) in [5.41, 5.74) is -0.476. The monoisotopic (exact) mass is 832 g/mol. The van der Waals surface area contributed by atoms with Crippen molar-refractivity contribution in [1.29, 1.82) is 0 Å². The fourth-order valence-electron chi connectivity index (χ4n) is 10.7. The molecule has 6 aliphatic rings. The van der Waals surface area contributed by atoms with Gasteiger partial charge in [0.2, 0.25) is 0 Å². The number of nitrogens with zero attached hydrogens (tertiary/aromatic N) is 2. The molecule has 0 spiro atoms. The summed E-state index contributed by atoms with van der Waals surface area (Å²) in [6.07, 6.45) is 3.44. The van der Waals surface area contributed by atoms with E-state index < -0.39 is 41.1 Å². The van der Waals surface area contributed by atoms with Crippen LogP contribution in [0.1, 0.15) is 91.9 Å². The number of likely N-dealkylation sites (N-methyl/N-ethyl adjacent to an activating group) is 2. The number of phenolic OH excluding ortho intramolecular Hbond substituents is 1. The number of rotatable bonds is 4. The normalized spacial score (nSPS) is 31.8. The second-order valence-electron chi connectivity index (χ2n) is 16.0. The van der Waals surface area contributed by atoms with E-state index in [0.29, 0.717) is 23.1 Å². The number of hydrogen-bond donors (Lipinski definition) is 1. The molecule has 2 heterocycles. The zero-order valence-electron chi connectivity index (χ0n) is 35.0. The molecule has 314 valence electrons. The van der Waals surface area contributed by atoms with Gasteiger partial charge in [-0.3, -0.25) is 4.18 Å². The van der Waals surface area contributed by atoms with Gasteiger partial charge in [0, 0.05) is 22.9 Å². The van der Waals surface area contributed by atoms with Crippen LogP contribution < -0.4 is 4.74 Å². The SMILES string of the molecule is CN1CC[C@@]23CCCC[C@@H]2C1Cc1ccc(O)cc13.[2H]C([2H])(OS(=O)(=O)C(F)(F)F)C(F)(F)F.[2H]C([2H])(Oc1ccc2c(c1)[C@]13CCCC[C@@H]1C(C2)N(C)CC3)C(F)(F)F. The molecular formula is C39H49F9N2O5S. The van der Waals surface area contributed by atoms with Gasteiger partial charge in [-0.2, -0.15) is 47.9 Å². The molecule has 2 aromatic rings. The van der Waals surface area contributed by atoms with Gasteiger partial charge < -0.3 is 19.6 Å². The van der Waals surface area contributed by atoms with Crippen LogP contribution in [0.2, 0.25) is 0 Å². The maximum absolute atomic E-state index is 12.9. The van der Waals surface area contributed by atoms with Gasteiger partial charge in [0.25, 0.3) is 0 Å². The van der Waals surface area contributed by atoms with Crippen molar-refractivity contribution in [2.24, 2.45) is 11.8 Å². The van der Waals surface area contributed by atoms with Crippen LogP contribution in [0.3, 0.4) is 0 Å². The molecule has 2 saturated heterocycles. The smallest absolute Gasteiger partial charge is 0.508 e. The van der Waals surface area contributed by atoms with Crippen molar-refractivity contribution < 1.29 is 67.4 Å². The fourth-order valence-corrected chi connectivity index (χ4v) is 11.0. The molecule has 56 heavy (non-hydrogen) atoms. The predicted molar refractivity (Wildman–Crippen MR) is 190 cm³/mol. The van der Waals surface area contributed by atoms with Gasteiger partial charge in [0.1, 0.15) is 11.5 Å². The minimum Gasteiger partial charge on any atom is -0.508 e. The third-order valence-electron chi connectivity index (χ3n) is 13.0. The standard InChI is InChI=1S/C19H24F3NO.C17H23NO.C3H2F6O3S/c1-23-9-8-18-7-3-2-4-15(18)17(23)10-13-5-6-14(11-16(13)18)24-12-19(20,21)22;1-18-9-8-17-7-3-2-4-14(17)16(18)10-12-5-6-13(19)11-15(12)17;4-2(5,6)1-12-13(10,11)3(7,8)9/h5-6,11,15,17H,2-4,7-10,12H2,1H3;5-6,11,14,16,19H,2-4,7-10H2,1H3;1H2/t15-,17?,18+;14-,16?,17+;/m11./s1/i12D2;;1D2. The molecule has 4 bridgehead atoms. The topological polar surface area (TPSA) is 79.3 Å². The molecule has 4 fully saturated rings. The molecule has 17 heteroatoms. The van der Waals surface area contributed by atoms with E-state index in [1.807, 2.05) is 12.1 Å². The van der Waals surface area contributed by atoms with Gasteiger partial charge in [0.05, 0.1) is 5.48 Å². The van der Waals surface area contributed by atoms with E-state index >= 15 is 0 Å². The summed E-state index contributed by atoms with van der Waals surface area (Å²) in [5.74, 6) is 1.77. The van der Waals surface area contributed by atoms with Crippen LogP contribution in [0.25, 0.3) is 0 Å². The number of benzene rings is 2. The first-order valence-electron chi connectivity index (χ1n) is 20.8. The van der Waals surface area contributed by atoms with Crippen molar-refractivity contribution >= 4 is 10.1 Å². The first kappa shape index (κ1) is 37.5. The molecule has 0 aromatic heterocycles. The number of ether oxygens (including phenoxy) is 1. The minimum atomic E-state index is -6.63. The predicted octanol–water partition coefficient (Wildman–Crippen LogP) is 8.81. The molecule has 1 N–H and O–H groups in total. The number of piperidine rings is 2. The summed E-state index contributed by atoms with van der Waals surface area (Å²) in [6, 6.07) is 12.4. The maximum atomic E-state index is 12.9. The summed E-state index contributed by atoms with van der Waals surface area (Å²) in [7, 11) is -2.16. The van der Waals surface area contributed by atoms with Gasteiger partial charge in [-0.25, -0.2) is 0 Å². The first-order chi connectivity index (χ1) is 27.6.